The van der Waals surface area contributed by atoms with Gasteiger partial charge in [0.2, 0.25) is 5.91 Å². The summed E-state index contributed by atoms with van der Waals surface area (Å²) in [5, 5.41) is 0. The Morgan fingerprint density at radius 1 is 0.957 bits per heavy atom. The molecule has 1 heterocycles. The number of likely N-dealkylation sites (tertiary alicyclic amines) is 1. The van der Waals surface area contributed by atoms with Crippen LogP contribution in [0.1, 0.15) is 25.7 Å². The molecule has 1 saturated heterocycles. The van der Waals surface area contributed by atoms with Crippen molar-refractivity contribution in [1.29, 1.82) is 0 Å². The second kappa shape index (κ2) is 7.85. The molecular formula is C11H16F6NO4P. The number of carbonyl (C=O) groups is 1. The fourth-order valence-corrected chi connectivity index (χ4v) is 3.50. The van der Waals surface area contributed by atoms with Crippen LogP contribution < -0.4 is 0 Å². The van der Waals surface area contributed by atoms with Crippen LogP contribution in [0.2, 0.25) is 0 Å². The summed E-state index contributed by atoms with van der Waals surface area (Å²) in [4.78, 5) is 12.7. The van der Waals surface area contributed by atoms with Gasteiger partial charge in [0.25, 0.3) is 0 Å². The largest absolute Gasteiger partial charge is 0.412 e. The van der Waals surface area contributed by atoms with Crippen LogP contribution in [0.3, 0.4) is 0 Å². The Labute approximate surface area is 128 Å². The van der Waals surface area contributed by atoms with Crippen LogP contribution in [-0.4, -0.2) is 49.2 Å². The minimum Gasteiger partial charge on any atom is -0.331 e. The molecule has 0 atom stereocenters. The van der Waals surface area contributed by atoms with E-state index < -0.39 is 45.4 Å². The maximum atomic E-state index is 12.2. The molecule has 136 valence electrons. The summed E-state index contributed by atoms with van der Waals surface area (Å²) >= 11 is 0. The lowest BCUT2D eigenvalue weighted by Gasteiger charge is -2.27. The molecule has 0 aromatic carbocycles. The molecule has 0 aliphatic carbocycles. The number of hydrogen-bond donors (Lipinski definition) is 0. The highest BCUT2D eigenvalue weighted by Gasteiger charge is 2.40. The van der Waals surface area contributed by atoms with E-state index in [1.807, 2.05) is 0 Å². The molecule has 1 aliphatic rings. The molecule has 0 aromatic heterocycles. The molecule has 0 unspecified atom stereocenters. The lowest BCUT2D eigenvalue weighted by molar-refractivity contribution is -0.165. The third kappa shape index (κ3) is 8.57. The van der Waals surface area contributed by atoms with Crippen molar-refractivity contribution >= 4 is 13.5 Å². The lowest BCUT2D eigenvalue weighted by atomic mass is 10.2. The first-order valence-electron chi connectivity index (χ1n) is 6.70. The molecule has 1 amide bonds. The topological polar surface area (TPSA) is 55.8 Å². The van der Waals surface area contributed by atoms with Crippen molar-refractivity contribution in [3.63, 3.8) is 0 Å². The van der Waals surface area contributed by atoms with E-state index in [1.165, 1.54) is 0 Å². The molecule has 12 heteroatoms. The number of rotatable bonds is 6. The molecule has 0 bridgehead atoms. The number of alkyl halides is 6. The molecule has 0 spiro atoms. The maximum Gasteiger partial charge on any atom is 0.412 e. The minimum atomic E-state index is -4.89. The van der Waals surface area contributed by atoms with Crippen molar-refractivity contribution < 1.29 is 44.7 Å². The Morgan fingerprint density at radius 2 is 1.48 bits per heavy atom. The van der Waals surface area contributed by atoms with Crippen LogP contribution in [0.5, 0.6) is 0 Å². The Morgan fingerprint density at radius 3 is 1.96 bits per heavy atom. The average molecular weight is 371 g/mol. The molecule has 1 fully saturated rings. The number of halogens is 6. The molecule has 23 heavy (non-hydrogen) atoms. The van der Waals surface area contributed by atoms with E-state index in [2.05, 4.69) is 9.05 Å². The second-order valence-electron chi connectivity index (χ2n) is 5.00. The second-order valence-corrected chi connectivity index (χ2v) is 7.02. The molecule has 0 saturated carbocycles. The zero-order valence-corrected chi connectivity index (χ0v) is 12.8. The van der Waals surface area contributed by atoms with Crippen molar-refractivity contribution in [3.8, 4) is 0 Å². The summed E-state index contributed by atoms with van der Waals surface area (Å²) in [5.41, 5.74) is 0. The van der Waals surface area contributed by atoms with Gasteiger partial charge in [-0.2, -0.15) is 26.3 Å². The molecule has 5 nitrogen and oxygen atoms in total. The quantitative estimate of drug-likeness (QED) is 0.528. The van der Waals surface area contributed by atoms with E-state index in [-0.39, 0.29) is 13.0 Å². The van der Waals surface area contributed by atoms with E-state index in [9.17, 15) is 35.7 Å². The van der Waals surface area contributed by atoms with Gasteiger partial charge in [-0.15, -0.1) is 0 Å². The summed E-state index contributed by atoms with van der Waals surface area (Å²) < 4.78 is 93.4. The predicted octanol–water partition coefficient (Wildman–Crippen LogP) is 3.70. The van der Waals surface area contributed by atoms with E-state index in [0.29, 0.717) is 19.3 Å². The van der Waals surface area contributed by atoms with Crippen LogP contribution >= 0.6 is 7.60 Å². The van der Waals surface area contributed by atoms with Crippen molar-refractivity contribution in [3.05, 3.63) is 0 Å². The first-order chi connectivity index (χ1) is 10.4. The third-order valence-electron chi connectivity index (χ3n) is 2.87. The van der Waals surface area contributed by atoms with Gasteiger partial charge in [0, 0.05) is 13.0 Å². The Kier molecular flexibility index (Phi) is 6.91. The molecular weight excluding hydrogens is 355 g/mol. The van der Waals surface area contributed by atoms with E-state index in [4.69, 9.17) is 0 Å². The standard InChI is InChI=1S/C11H16F6NO4P/c12-10(13,14)6-21-23(20,22-7-11(15,16)17)8-18-5-3-1-2-4-9(18)19/h1-8H2. The SMILES string of the molecule is O=C1CCCCCN1CP(=O)(OCC(F)(F)F)OCC(F)(F)F. The van der Waals surface area contributed by atoms with Gasteiger partial charge in [-0.3, -0.25) is 18.4 Å². The monoisotopic (exact) mass is 371 g/mol. The summed E-state index contributed by atoms with van der Waals surface area (Å²) in [7, 11) is -4.77. The van der Waals surface area contributed by atoms with Gasteiger partial charge < -0.3 is 4.90 Å². The average Bonchev–Trinajstić information content (AvgIpc) is 2.59. The van der Waals surface area contributed by atoms with Crippen LogP contribution in [0.15, 0.2) is 0 Å². The predicted molar refractivity (Wildman–Crippen MR) is 66.7 cm³/mol. The maximum absolute atomic E-state index is 12.2. The van der Waals surface area contributed by atoms with Crippen molar-refractivity contribution in [1.82, 2.24) is 4.90 Å². The highest BCUT2D eigenvalue weighted by atomic mass is 31.2. The van der Waals surface area contributed by atoms with Crippen LogP contribution in [0, 0.1) is 0 Å². The third-order valence-corrected chi connectivity index (χ3v) is 4.60. The molecule has 0 N–H and O–H groups in total. The highest BCUT2D eigenvalue weighted by Crippen LogP contribution is 2.51. The van der Waals surface area contributed by atoms with Crippen molar-refractivity contribution in [2.75, 3.05) is 26.0 Å². The number of carbonyl (C=O) groups excluding carboxylic acids is 1. The Balaban J connectivity index is 2.80. The lowest BCUT2D eigenvalue weighted by Crippen LogP contribution is -2.33. The van der Waals surface area contributed by atoms with E-state index >= 15 is 0 Å². The van der Waals surface area contributed by atoms with Crippen LogP contribution in [0.4, 0.5) is 26.3 Å². The summed E-state index contributed by atoms with van der Waals surface area (Å²) in [6, 6.07) is 0. The van der Waals surface area contributed by atoms with Gasteiger partial charge in [-0.05, 0) is 12.8 Å². The zero-order valence-electron chi connectivity index (χ0n) is 12.0. The normalized spacial score (nSPS) is 18.2. The van der Waals surface area contributed by atoms with Gasteiger partial charge in [0.1, 0.15) is 6.29 Å². The fraction of sp³-hybridized carbons (Fsp3) is 0.909. The zero-order chi connectivity index (χ0) is 17.7. The first kappa shape index (κ1) is 20.2. The van der Waals surface area contributed by atoms with Crippen molar-refractivity contribution in [2.24, 2.45) is 0 Å². The summed E-state index contributed by atoms with van der Waals surface area (Å²) in [6.45, 7) is -3.97. The number of amides is 1. The summed E-state index contributed by atoms with van der Waals surface area (Å²) in [6.07, 6.45) is -8.90. The van der Waals surface area contributed by atoms with E-state index in [1.54, 1.807) is 0 Å². The number of hydrogen-bond acceptors (Lipinski definition) is 4. The molecule has 0 aromatic rings. The number of nitrogens with zero attached hydrogens (tertiary/aromatic N) is 1. The van der Waals surface area contributed by atoms with Gasteiger partial charge in [0.15, 0.2) is 13.2 Å². The smallest absolute Gasteiger partial charge is 0.331 e. The molecule has 1 rings (SSSR count). The van der Waals surface area contributed by atoms with Gasteiger partial charge >= 0.3 is 19.9 Å². The fourth-order valence-electron chi connectivity index (χ4n) is 1.86. The van der Waals surface area contributed by atoms with Crippen LogP contribution in [-0.2, 0) is 18.4 Å². The summed E-state index contributed by atoms with van der Waals surface area (Å²) in [5.74, 6) is -0.506. The highest BCUT2D eigenvalue weighted by molar-refractivity contribution is 7.53. The van der Waals surface area contributed by atoms with Gasteiger partial charge in [-0.1, -0.05) is 6.42 Å². The molecule has 0 radical (unpaired) electrons. The van der Waals surface area contributed by atoms with Gasteiger partial charge in [0.05, 0.1) is 0 Å². The van der Waals surface area contributed by atoms with Gasteiger partial charge in [-0.25, -0.2) is 0 Å². The Bertz CT molecular complexity index is 431. The van der Waals surface area contributed by atoms with Crippen LogP contribution in [0.25, 0.3) is 0 Å². The first-order valence-corrected chi connectivity index (χ1v) is 8.42. The minimum absolute atomic E-state index is 0.0770. The molecule has 1 aliphatic heterocycles. The van der Waals surface area contributed by atoms with E-state index in [0.717, 1.165) is 4.90 Å². The Hall–Kier alpha value is -0.800. The van der Waals surface area contributed by atoms with Crippen molar-refractivity contribution in [2.45, 2.75) is 38.0 Å².